The molecular weight excluding hydrogens is 316 g/mol. The summed E-state index contributed by atoms with van der Waals surface area (Å²) in [5, 5.41) is 0. The number of Topliss-reactive ketones (excluding diaryl/α,β-unsaturated/α-hetero) is 1. The zero-order valence-corrected chi connectivity index (χ0v) is 14.7. The number of carbonyl (C=O) groups is 2. The van der Waals surface area contributed by atoms with E-state index in [1.54, 1.807) is 7.11 Å². The second kappa shape index (κ2) is 9.74. The van der Waals surface area contributed by atoms with Crippen molar-refractivity contribution >= 4 is 11.8 Å². The molecule has 4 nitrogen and oxygen atoms in total. The van der Waals surface area contributed by atoms with Crippen LogP contribution in [0.25, 0.3) is 0 Å². The van der Waals surface area contributed by atoms with Crippen molar-refractivity contribution in [2.45, 2.75) is 32.5 Å². The summed E-state index contributed by atoms with van der Waals surface area (Å²) in [7, 11) is 1.63. The Morgan fingerprint density at radius 3 is 2.08 bits per heavy atom. The van der Waals surface area contributed by atoms with E-state index in [2.05, 4.69) is 0 Å². The Balaban J connectivity index is 1.93. The molecule has 0 spiro atoms. The zero-order chi connectivity index (χ0) is 18.1. The second-order valence-corrected chi connectivity index (χ2v) is 5.97. The Labute approximate surface area is 148 Å². The van der Waals surface area contributed by atoms with Crippen LogP contribution in [0.1, 0.15) is 37.0 Å². The van der Waals surface area contributed by atoms with Gasteiger partial charge in [-0.25, -0.2) is 0 Å². The Morgan fingerprint density at radius 1 is 0.920 bits per heavy atom. The molecule has 0 radical (unpaired) electrons. The summed E-state index contributed by atoms with van der Waals surface area (Å²) in [6.07, 6.45) is 0.826. The lowest BCUT2D eigenvalue weighted by Crippen LogP contribution is -2.25. The van der Waals surface area contributed by atoms with Crippen molar-refractivity contribution in [3.05, 3.63) is 71.8 Å². The zero-order valence-electron chi connectivity index (χ0n) is 14.7. The average molecular weight is 340 g/mol. The van der Waals surface area contributed by atoms with E-state index in [0.29, 0.717) is 12.8 Å². The summed E-state index contributed by atoms with van der Waals surface area (Å²) in [6, 6.07) is 19.2. The van der Waals surface area contributed by atoms with Gasteiger partial charge in [0.1, 0.15) is 18.3 Å². The van der Waals surface area contributed by atoms with Crippen molar-refractivity contribution in [1.82, 2.24) is 0 Å². The molecule has 2 rings (SSSR count). The van der Waals surface area contributed by atoms with Crippen LogP contribution in [-0.4, -0.2) is 18.9 Å². The maximum Gasteiger partial charge on any atom is 0.316 e. The average Bonchev–Trinajstić information content (AvgIpc) is 2.64. The van der Waals surface area contributed by atoms with Gasteiger partial charge in [-0.05, 0) is 30.9 Å². The maximum atomic E-state index is 12.3. The van der Waals surface area contributed by atoms with Gasteiger partial charge in [-0.2, -0.15) is 0 Å². The van der Waals surface area contributed by atoms with E-state index in [1.165, 1.54) is 6.92 Å². The van der Waals surface area contributed by atoms with Gasteiger partial charge in [0.2, 0.25) is 0 Å². The molecule has 0 saturated carbocycles. The van der Waals surface area contributed by atoms with Gasteiger partial charge in [0.05, 0.1) is 6.10 Å². The summed E-state index contributed by atoms with van der Waals surface area (Å²) < 4.78 is 10.8. The van der Waals surface area contributed by atoms with Crippen LogP contribution in [0.5, 0.6) is 0 Å². The Kier molecular flexibility index (Phi) is 7.36. The molecule has 4 heteroatoms. The summed E-state index contributed by atoms with van der Waals surface area (Å²) >= 11 is 0. The fraction of sp³-hybridized carbons (Fsp3) is 0.333. The molecule has 2 aromatic rings. The number of carbonyl (C=O) groups excluding carboxylic acids is 2. The normalized spacial score (nSPS) is 13.0. The van der Waals surface area contributed by atoms with Crippen LogP contribution in [0.4, 0.5) is 0 Å². The molecule has 25 heavy (non-hydrogen) atoms. The lowest BCUT2D eigenvalue weighted by molar-refractivity contribution is -0.153. The number of hydrogen-bond acceptors (Lipinski definition) is 4. The molecule has 0 aliphatic heterocycles. The molecule has 0 bridgehead atoms. The first-order valence-corrected chi connectivity index (χ1v) is 8.40. The molecule has 0 N–H and O–H groups in total. The van der Waals surface area contributed by atoms with Crippen LogP contribution < -0.4 is 0 Å². The smallest absolute Gasteiger partial charge is 0.316 e. The highest BCUT2D eigenvalue weighted by Gasteiger charge is 2.26. The molecule has 0 aliphatic carbocycles. The first kappa shape index (κ1) is 18.9. The standard InChI is InChI=1S/C21H24O4/c1-16(22)19(21(23)25-15-17-9-5-3-6-10-17)13-14-20(24-2)18-11-7-4-8-12-18/h3-12,19-20H,13-15H2,1-2H3. The van der Waals surface area contributed by atoms with Gasteiger partial charge in [-0.3, -0.25) is 9.59 Å². The minimum Gasteiger partial charge on any atom is -0.460 e. The van der Waals surface area contributed by atoms with Gasteiger partial charge >= 0.3 is 5.97 Å². The van der Waals surface area contributed by atoms with Crippen LogP contribution in [0.2, 0.25) is 0 Å². The number of benzene rings is 2. The number of ether oxygens (including phenoxy) is 2. The van der Waals surface area contributed by atoms with Gasteiger partial charge in [0, 0.05) is 7.11 Å². The first-order chi connectivity index (χ1) is 12.1. The van der Waals surface area contributed by atoms with Crippen molar-refractivity contribution in [3.8, 4) is 0 Å². The van der Waals surface area contributed by atoms with Crippen molar-refractivity contribution in [2.24, 2.45) is 5.92 Å². The van der Waals surface area contributed by atoms with Crippen molar-refractivity contribution in [1.29, 1.82) is 0 Å². The van der Waals surface area contributed by atoms with Crippen LogP contribution in [0.3, 0.4) is 0 Å². The second-order valence-electron chi connectivity index (χ2n) is 5.97. The predicted octanol–water partition coefficient (Wildman–Crippen LogP) is 4.10. The number of rotatable bonds is 9. The van der Waals surface area contributed by atoms with Crippen LogP contribution in [0, 0.1) is 5.92 Å². The van der Waals surface area contributed by atoms with E-state index in [9.17, 15) is 9.59 Å². The molecule has 2 unspecified atom stereocenters. The molecule has 132 valence electrons. The van der Waals surface area contributed by atoms with E-state index in [0.717, 1.165) is 11.1 Å². The van der Waals surface area contributed by atoms with E-state index in [1.807, 2.05) is 60.7 Å². The largest absolute Gasteiger partial charge is 0.460 e. The highest BCUT2D eigenvalue weighted by molar-refractivity contribution is 5.97. The fourth-order valence-corrected chi connectivity index (χ4v) is 2.72. The minimum atomic E-state index is -0.759. The lowest BCUT2D eigenvalue weighted by atomic mass is 9.95. The van der Waals surface area contributed by atoms with Gasteiger partial charge in [0.25, 0.3) is 0 Å². The Bertz CT molecular complexity index is 667. The molecule has 0 amide bonds. The molecule has 2 atom stereocenters. The van der Waals surface area contributed by atoms with Crippen LogP contribution in [0.15, 0.2) is 60.7 Å². The van der Waals surface area contributed by atoms with Gasteiger partial charge in [0.15, 0.2) is 0 Å². The molecule has 0 saturated heterocycles. The highest BCUT2D eigenvalue weighted by atomic mass is 16.5. The molecule has 0 heterocycles. The minimum absolute atomic E-state index is 0.148. The van der Waals surface area contributed by atoms with Crippen molar-refractivity contribution in [3.63, 3.8) is 0 Å². The summed E-state index contributed by atoms with van der Waals surface area (Å²) in [6.45, 7) is 1.61. The maximum absolute atomic E-state index is 12.3. The fourth-order valence-electron chi connectivity index (χ4n) is 2.72. The quantitative estimate of drug-likeness (QED) is 0.509. The van der Waals surface area contributed by atoms with Crippen LogP contribution >= 0.6 is 0 Å². The predicted molar refractivity (Wildman–Crippen MR) is 95.8 cm³/mol. The Morgan fingerprint density at radius 2 is 1.52 bits per heavy atom. The third-order valence-corrected chi connectivity index (χ3v) is 4.17. The van der Waals surface area contributed by atoms with Crippen molar-refractivity contribution in [2.75, 3.05) is 7.11 Å². The number of esters is 1. The Hall–Kier alpha value is -2.46. The number of ketones is 1. The molecular formula is C21H24O4. The van der Waals surface area contributed by atoms with E-state index < -0.39 is 11.9 Å². The summed E-state index contributed by atoms with van der Waals surface area (Å²) in [4.78, 5) is 24.2. The van der Waals surface area contributed by atoms with Crippen molar-refractivity contribution < 1.29 is 19.1 Å². The van der Waals surface area contributed by atoms with Gasteiger partial charge in [-0.1, -0.05) is 60.7 Å². The third kappa shape index (κ3) is 5.84. The lowest BCUT2D eigenvalue weighted by Gasteiger charge is -2.19. The third-order valence-electron chi connectivity index (χ3n) is 4.17. The molecule has 2 aromatic carbocycles. The first-order valence-electron chi connectivity index (χ1n) is 8.40. The molecule has 0 fully saturated rings. The number of methoxy groups -OCH3 is 1. The van der Waals surface area contributed by atoms with Gasteiger partial charge in [-0.15, -0.1) is 0 Å². The van der Waals surface area contributed by atoms with Crippen LogP contribution in [-0.2, 0) is 25.7 Å². The van der Waals surface area contributed by atoms with E-state index in [4.69, 9.17) is 9.47 Å². The topological polar surface area (TPSA) is 52.6 Å². The van der Waals surface area contributed by atoms with E-state index in [-0.39, 0.29) is 18.5 Å². The molecule has 0 aliphatic rings. The summed E-state index contributed by atoms with van der Waals surface area (Å²) in [5.41, 5.74) is 1.93. The summed E-state index contributed by atoms with van der Waals surface area (Å²) in [5.74, 6) is -1.41. The number of hydrogen-bond donors (Lipinski definition) is 0. The van der Waals surface area contributed by atoms with E-state index >= 15 is 0 Å². The highest BCUT2D eigenvalue weighted by Crippen LogP contribution is 2.25. The van der Waals surface area contributed by atoms with Gasteiger partial charge < -0.3 is 9.47 Å². The SMILES string of the molecule is COC(CCC(C(C)=O)C(=O)OCc1ccccc1)c1ccccc1. The monoisotopic (exact) mass is 340 g/mol. The molecule has 0 aromatic heterocycles.